The number of benzene rings is 1. The minimum atomic E-state index is 0.103. The van der Waals surface area contributed by atoms with E-state index in [4.69, 9.17) is 28.9 Å². The van der Waals surface area contributed by atoms with Gasteiger partial charge in [-0.15, -0.1) is 5.10 Å². The van der Waals surface area contributed by atoms with Crippen LogP contribution in [0.4, 0.5) is 5.69 Å². The van der Waals surface area contributed by atoms with Crippen molar-refractivity contribution < 1.29 is 0 Å². The number of aromatic nitrogens is 4. The molecule has 0 aliphatic heterocycles. The summed E-state index contributed by atoms with van der Waals surface area (Å²) in [5, 5.41) is 12.6. The number of halogens is 2. The van der Waals surface area contributed by atoms with Crippen LogP contribution in [0.25, 0.3) is 11.4 Å². The van der Waals surface area contributed by atoms with Gasteiger partial charge in [0.05, 0.1) is 22.3 Å². The van der Waals surface area contributed by atoms with Crippen LogP contribution in [0.2, 0.25) is 10.0 Å². The zero-order valence-corrected chi connectivity index (χ0v) is 13.2. The molecule has 0 aliphatic rings. The summed E-state index contributed by atoms with van der Waals surface area (Å²) in [6, 6.07) is 3.46. The number of nitrogen functional groups attached to an aromatic ring is 1. The molecule has 0 atom stereocenters. The summed E-state index contributed by atoms with van der Waals surface area (Å²) in [5.41, 5.74) is 7.11. The fraction of sp³-hybridized carbons (Fsp3) is 0.462. The van der Waals surface area contributed by atoms with Gasteiger partial charge in [-0.1, -0.05) is 44.0 Å². The van der Waals surface area contributed by atoms with Gasteiger partial charge in [-0.2, -0.15) is 0 Å². The molecule has 0 bridgehead atoms. The number of nitrogens with zero attached hydrogens (tertiary/aromatic N) is 4. The predicted octanol–water partition coefficient (Wildman–Crippen LogP) is 3.67. The van der Waals surface area contributed by atoms with Crippen molar-refractivity contribution in [3.63, 3.8) is 0 Å². The third-order valence-electron chi connectivity index (χ3n) is 3.38. The van der Waals surface area contributed by atoms with Gasteiger partial charge >= 0.3 is 0 Å². The van der Waals surface area contributed by atoms with E-state index in [9.17, 15) is 0 Å². The molecule has 2 N–H and O–H groups in total. The van der Waals surface area contributed by atoms with Crippen molar-refractivity contribution in [2.45, 2.75) is 33.7 Å². The second kappa shape index (κ2) is 5.58. The molecule has 2 aromatic rings. The van der Waals surface area contributed by atoms with Crippen molar-refractivity contribution in [2.75, 3.05) is 5.73 Å². The second-order valence-corrected chi connectivity index (χ2v) is 6.32. The summed E-state index contributed by atoms with van der Waals surface area (Å²) in [4.78, 5) is 0. The van der Waals surface area contributed by atoms with E-state index in [0.29, 0.717) is 28.1 Å². The summed E-state index contributed by atoms with van der Waals surface area (Å²) in [6.45, 7) is 7.19. The summed E-state index contributed by atoms with van der Waals surface area (Å²) < 4.78 is 1.77. The molecule has 0 saturated heterocycles. The Morgan fingerprint density at radius 3 is 2.60 bits per heavy atom. The maximum absolute atomic E-state index is 6.06. The Hall–Kier alpha value is -1.33. The molecule has 0 saturated carbocycles. The van der Waals surface area contributed by atoms with Gasteiger partial charge in [-0.05, 0) is 34.4 Å². The largest absolute Gasteiger partial charge is 0.397 e. The first-order valence-corrected chi connectivity index (χ1v) is 7.10. The number of tetrazole rings is 1. The van der Waals surface area contributed by atoms with Gasteiger partial charge in [-0.3, -0.25) is 0 Å². The fourth-order valence-corrected chi connectivity index (χ4v) is 2.11. The molecule has 0 unspecified atom stereocenters. The first-order valence-electron chi connectivity index (χ1n) is 6.35. The lowest BCUT2D eigenvalue weighted by Crippen LogP contribution is -2.20. The Balaban J connectivity index is 2.42. The molecule has 1 heterocycles. The van der Waals surface area contributed by atoms with E-state index in [1.807, 2.05) is 0 Å². The van der Waals surface area contributed by atoms with Crippen LogP contribution in [0.3, 0.4) is 0 Å². The van der Waals surface area contributed by atoms with Crippen molar-refractivity contribution in [2.24, 2.45) is 5.41 Å². The first kappa shape index (κ1) is 15.1. The van der Waals surface area contributed by atoms with Crippen molar-refractivity contribution in [3.05, 3.63) is 22.2 Å². The standard InChI is InChI=1S/C13H17Cl2N5/c1-4-13(2,3)7-20-12(17-18-19-20)8-5-9(14)11(15)10(16)6-8/h5-6H,4,7,16H2,1-3H3. The molecule has 7 heteroatoms. The number of anilines is 1. The maximum Gasteiger partial charge on any atom is 0.182 e. The van der Waals surface area contributed by atoms with Gasteiger partial charge < -0.3 is 5.73 Å². The molecule has 0 spiro atoms. The molecular formula is C13H17Cl2N5. The molecule has 0 radical (unpaired) electrons. The van der Waals surface area contributed by atoms with Gasteiger partial charge in [0.25, 0.3) is 0 Å². The van der Waals surface area contributed by atoms with E-state index in [2.05, 4.69) is 36.3 Å². The lowest BCUT2D eigenvalue weighted by molar-refractivity contribution is 0.279. The number of rotatable bonds is 4. The van der Waals surface area contributed by atoms with Crippen LogP contribution in [0, 0.1) is 5.41 Å². The minimum absolute atomic E-state index is 0.103. The van der Waals surface area contributed by atoms with Crippen LogP contribution in [0.1, 0.15) is 27.2 Å². The van der Waals surface area contributed by atoms with E-state index in [-0.39, 0.29) is 5.41 Å². The molecule has 2 rings (SSSR count). The Bertz CT molecular complexity index is 598. The average Bonchev–Trinajstić information content (AvgIpc) is 2.82. The van der Waals surface area contributed by atoms with Gasteiger partial charge in [0.1, 0.15) is 0 Å². The van der Waals surface area contributed by atoms with Crippen LogP contribution in [0.15, 0.2) is 12.1 Å². The molecule has 1 aromatic carbocycles. The Morgan fingerprint density at radius 1 is 1.30 bits per heavy atom. The fourth-order valence-electron chi connectivity index (χ4n) is 1.77. The van der Waals surface area contributed by atoms with E-state index >= 15 is 0 Å². The molecule has 5 nitrogen and oxygen atoms in total. The molecule has 1 aromatic heterocycles. The SMILES string of the molecule is CCC(C)(C)Cn1nnnc1-c1cc(N)c(Cl)c(Cl)c1. The minimum Gasteiger partial charge on any atom is -0.397 e. The monoisotopic (exact) mass is 313 g/mol. The topological polar surface area (TPSA) is 69.6 Å². The summed E-state index contributed by atoms with van der Waals surface area (Å²) in [7, 11) is 0. The molecular weight excluding hydrogens is 297 g/mol. The molecule has 0 fully saturated rings. The van der Waals surface area contributed by atoms with Gasteiger partial charge in [0, 0.05) is 5.56 Å². The highest BCUT2D eigenvalue weighted by molar-refractivity contribution is 6.43. The lowest BCUT2D eigenvalue weighted by atomic mass is 9.90. The third kappa shape index (κ3) is 3.04. The van der Waals surface area contributed by atoms with Gasteiger partial charge in [-0.25, -0.2) is 4.68 Å². The van der Waals surface area contributed by atoms with Crippen LogP contribution in [-0.4, -0.2) is 20.2 Å². The van der Waals surface area contributed by atoms with Crippen molar-refractivity contribution in [3.8, 4) is 11.4 Å². The first-order chi connectivity index (χ1) is 9.34. The van der Waals surface area contributed by atoms with E-state index in [1.165, 1.54) is 0 Å². The molecule has 0 amide bonds. The van der Waals surface area contributed by atoms with Crippen LogP contribution in [-0.2, 0) is 6.54 Å². The number of hydrogen-bond donors (Lipinski definition) is 1. The zero-order valence-electron chi connectivity index (χ0n) is 11.7. The lowest BCUT2D eigenvalue weighted by Gasteiger charge is -2.22. The zero-order chi connectivity index (χ0) is 14.9. The highest BCUT2D eigenvalue weighted by atomic mass is 35.5. The number of hydrogen-bond acceptors (Lipinski definition) is 4. The normalized spacial score (nSPS) is 11.8. The van der Waals surface area contributed by atoms with Crippen LogP contribution >= 0.6 is 23.2 Å². The Kier molecular flexibility index (Phi) is 4.20. The van der Waals surface area contributed by atoms with Crippen molar-refractivity contribution >= 4 is 28.9 Å². The average molecular weight is 314 g/mol. The van der Waals surface area contributed by atoms with Crippen LogP contribution in [0.5, 0.6) is 0 Å². The predicted molar refractivity (Wildman–Crippen MR) is 81.8 cm³/mol. The van der Waals surface area contributed by atoms with E-state index < -0.39 is 0 Å². The summed E-state index contributed by atoms with van der Waals surface area (Å²) in [6.07, 6.45) is 1.02. The highest BCUT2D eigenvalue weighted by Crippen LogP contribution is 2.33. The van der Waals surface area contributed by atoms with E-state index in [1.54, 1.807) is 16.8 Å². The van der Waals surface area contributed by atoms with Crippen LogP contribution < -0.4 is 5.73 Å². The van der Waals surface area contributed by atoms with Crippen molar-refractivity contribution in [1.29, 1.82) is 0 Å². The maximum atomic E-state index is 6.06. The highest BCUT2D eigenvalue weighted by Gasteiger charge is 2.20. The van der Waals surface area contributed by atoms with E-state index in [0.717, 1.165) is 12.0 Å². The second-order valence-electron chi connectivity index (χ2n) is 5.54. The molecule has 20 heavy (non-hydrogen) atoms. The van der Waals surface area contributed by atoms with Gasteiger partial charge in [0.2, 0.25) is 0 Å². The number of nitrogens with two attached hydrogens (primary N) is 1. The van der Waals surface area contributed by atoms with Gasteiger partial charge in [0.15, 0.2) is 5.82 Å². The quantitative estimate of drug-likeness (QED) is 0.874. The molecule has 108 valence electrons. The summed E-state index contributed by atoms with van der Waals surface area (Å²) >= 11 is 12.0. The third-order valence-corrected chi connectivity index (χ3v) is 4.20. The Labute approximate surface area is 128 Å². The summed E-state index contributed by atoms with van der Waals surface area (Å²) in [5.74, 6) is 0.636. The smallest absolute Gasteiger partial charge is 0.182 e. The molecule has 0 aliphatic carbocycles. The van der Waals surface area contributed by atoms with Crippen molar-refractivity contribution in [1.82, 2.24) is 20.2 Å². The Morgan fingerprint density at radius 2 is 2.00 bits per heavy atom.